The molecule has 1 fully saturated rings. The van der Waals surface area contributed by atoms with E-state index in [0.717, 1.165) is 41.7 Å². The number of urea groups is 1. The van der Waals surface area contributed by atoms with E-state index in [-0.39, 0.29) is 12.1 Å². The largest absolute Gasteiger partial charge is 0.335 e. The first-order valence-electron chi connectivity index (χ1n) is 8.24. The highest BCUT2D eigenvalue weighted by atomic mass is 35.5. The number of benzene rings is 1. The molecular formula is C18H22ClN3OS. The molecule has 4 nitrogen and oxygen atoms in total. The molecule has 2 aromatic rings. The summed E-state index contributed by atoms with van der Waals surface area (Å²) in [5, 5.41) is 5.97. The zero-order chi connectivity index (χ0) is 16.8. The number of rotatable bonds is 5. The minimum Gasteiger partial charge on any atom is -0.335 e. The molecular weight excluding hydrogens is 342 g/mol. The van der Waals surface area contributed by atoms with Gasteiger partial charge in [0, 0.05) is 30.6 Å². The number of amides is 2. The molecule has 2 N–H and O–H groups in total. The molecule has 128 valence electrons. The average Bonchev–Trinajstić information content (AvgIpc) is 3.01. The van der Waals surface area contributed by atoms with Crippen molar-refractivity contribution in [3.63, 3.8) is 0 Å². The van der Waals surface area contributed by atoms with Crippen LogP contribution >= 0.6 is 22.9 Å². The average molecular weight is 364 g/mol. The highest BCUT2D eigenvalue weighted by Crippen LogP contribution is 2.21. The Morgan fingerprint density at radius 3 is 2.58 bits per heavy atom. The first-order chi connectivity index (χ1) is 11.7. The van der Waals surface area contributed by atoms with E-state index >= 15 is 0 Å². The Labute approximate surface area is 151 Å². The van der Waals surface area contributed by atoms with Gasteiger partial charge in [-0.1, -0.05) is 41.9 Å². The highest BCUT2D eigenvalue weighted by Gasteiger charge is 2.20. The van der Waals surface area contributed by atoms with Gasteiger partial charge in [-0.2, -0.15) is 0 Å². The van der Waals surface area contributed by atoms with Crippen LogP contribution in [-0.2, 0) is 13.1 Å². The van der Waals surface area contributed by atoms with Crippen LogP contribution in [0.5, 0.6) is 0 Å². The van der Waals surface area contributed by atoms with Gasteiger partial charge in [0.15, 0.2) is 0 Å². The normalized spacial score (nSPS) is 16.0. The molecule has 24 heavy (non-hydrogen) atoms. The van der Waals surface area contributed by atoms with E-state index in [1.165, 1.54) is 16.9 Å². The minimum absolute atomic E-state index is 0.0963. The van der Waals surface area contributed by atoms with E-state index in [4.69, 9.17) is 11.6 Å². The third-order valence-electron chi connectivity index (χ3n) is 4.22. The van der Waals surface area contributed by atoms with Crippen LogP contribution in [0.4, 0.5) is 4.79 Å². The molecule has 0 spiro atoms. The molecule has 1 aromatic heterocycles. The fraction of sp³-hybridized carbons (Fsp3) is 0.389. The molecule has 0 atom stereocenters. The van der Waals surface area contributed by atoms with Gasteiger partial charge in [0.25, 0.3) is 0 Å². The van der Waals surface area contributed by atoms with Crippen molar-refractivity contribution >= 4 is 29.0 Å². The van der Waals surface area contributed by atoms with Gasteiger partial charge >= 0.3 is 6.03 Å². The Bertz CT molecular complexity index is 653. The lowest BCUT2D eigenvalue weighted by Crippen LogP contribution is -2.47. The summed E-state index contributed by atoms with van der Waals surface area (Å²) < 4.78 is 0.748. The van der Waals surface area contributed by atoms with Crippen molar-refractivity contribution in [2.75, 3.05) is 13.1 Å². The second-order valence-electron chi connectivity index (χ2n) is 6.07. The maximum atomic E-state index is 12.0. The lowest BCUT2D eigenvalue weighted by atomic mass is 10.0. The molecule has 0 bridgehead atoms. The quantitative estimate of drug-likeness (QED) is 0.847. The molecule has 2 heterocycles. The number of hydrogen-bond donors (Lipinski definition) is 2. The van der Waals surface area contributed by atoms with E-state index in [9.17, 15) is 4.79 Å². The molecule has 0 unspecified atom stereocenters. The number of thiophene rings is 1. The lowest BCUT2D eigenvalue weighted by Gasteiger charge is -2.32. The first-order valence-corrected chi connectivity index (χ1v) is 9.43. The summed E-state index contributed by atoms with van der Waals surface area (Å²) >= 11 is 7.38. The number of nitrogens with one attached hydrogen (secondary N) is 2. The topological polar surface area (TPSA) is 44.4 Å². The zero-order valence-electron chi connectivity index (χ0n) is 13.5. The number of carbonyl (C=O) groups excluding carboxylic acids is 1. The Kier molecular flexibility index (Phi) is 6.12. The second kappa shape index (κ2) is 8.51. The minimum atomic E-state index is -0.0963. The Balaban J connectivity index is 1.36. The van der Waals surface area contributed by atoms with Gasteiger partial charge in [0.05, 0.1) is 10.9 Å². The zero-order valence-corrected chi connectivity index (χ0v) is 15.1. The van der Waals surface area contributed by atoms with Crippen molar-refractivity contribution in [2.45, 2.75) is 32.0 Å². The maximum absolute atomic E-state index is 12.0. The predicted molar refractivity (Wildman–Crippen MR) is 99.4 cm³/mol. The molecule has 1 aromatic carbocycles. The van der Waals surface area contributed by atoms with Crippen molar-refractivity contribution in [3.8, 4) is 0 Å². The van der Waals surface area contributed by atoms with Crippen molar-refractivity contribution in [1.29, 1.82) is 0 Å². The number of nitrogens with zero attached hydrogens (tertiary/aromatic N) is 1. The molecule has 6 heteroatoms. The van der Waals surface area contributed by atoms with E-state index in [1.54, 1.807) is 0 Å². The van der Waals surface area contributed by atoms with E-state index in [0.29, 0.717) is 6.54 Å². The van der Waals surface area contributed by atoms with Crippen molar-refractivity contribution < 1.29 is 4.79 Å². The van der Waals surface area contributed by atoms with Gasteiger partial charge in [-0.25, -0.2) is 4.79 Å². The van der Waals surface area contributed by atoms with Gasteiger partial charge in [-0.3, -0.25) is 4.90 Å². The van der Waals surface area contributed by atoms with Gasteiger partial charge in [0.2, 0.25) is 0 Å². The molecule has 2 amide bonds. The maximum Gasteiger partial charge on any atom is 0.315 e. The Hall–Kier alpha value is -1.56. The second-order valence-corrected chi connectivity index (χ2v) is 7.87. The van der Waals surface area contributed by atoms with Crippen molar-refractivity contribution in [3.05, 3.63) is 57.2 Å². The van der Waals surface area contributed by atoms with Crippen LogP contribution in [0.25, 0.3) is 0 Å². The monoisotopic (exact) mass is 363 g/mol. The number of halogens is 1. The summed E-state index contributed by atoms with van der Waals surface area (Å²) in [4.78, 5) is 15.5. The predicted octanol–water partition coefficient (Wildman–Crippen LogP) is 3.87. The third kappa shape index (κ3) is 5.23. The van der Waals surface area contributed by atoms with Crippen molar-refractivity contribution in [1.82, 2.24) is 15.5 Å². The van der Waals surface area contributed by atoms with Crippen LogP contribution in [0.3, 0.4) is 0 Å². The lowest BCUT2D eigenvalue weighted by molar-refractivity contribution is 0.186. The van der Waals surface area contributed by atoms with Gasteiger partial charge in [0.1, 0.15) is 0 Å². The fourth-order valence-electron chi connectivity index (χ4n) is 2.93. The van der Waals surface area contributed by atoms with Crippen molar-refractivity contribution in [2.24, 2.45) is 0 Å². The van der Waals surface area contributed by atoms with E-state index in [1.807, 2.05) is 18.2 Å². The fourth-order valence-corrected chi connectivity index (χ4v) is 3.95. The van der Waals surface area contributed by atoms with Crippen LogP contribution in [0.15, 0.2) is 42.5 Å². The van der Waals surface area contributed by atoms with Crippen LogP contribution in [0.1, 0.15) is 23.3 Å². The molecule has 3 rings (SSSR count). The Morgan fingerprint density at radius 1 is 1.17 bits per heavy atom. The van der Waals surface area contributed by atoms with E-state index < -0.39 is 0 Å². The van der Waals surface area contributed by atoms with Gasteiger partial charge in [-0.05, 0) is 30.5 Å². The van der Waals surface area contributed by atoms with Gasteiger partial charge < -0.3 is 10.6 Å². The van der Waals surface area contributed by atoms with Crippen LogP contribution in [-0.4, -0.2) is 30.1 Å². The molecule has 0 aliphatic carbocycles. The number of hydrogen-bond acceptors (Lipinski definition) is 3. The summed E-state index contributed by atoms with van der Waals surface area (Å²) in [5.74, 6) is 0. The van der Waals surface area contributed by atoms with Crippen LogP contribution < -0.4 is 10.6 Å². The Morgan fingerprint density at radius 2 is 1.92 bits per heavy atom. The summed E-state index contributed by atoms with van der Waals surface area (Å²) in [6.45, 7) is 3.54. The summed E-state index contributed by atoms with van der Waals surface area (Å²) in [7, 11) is 0. The van der Waals surface area contributed by atoms with Gasteiger partial charge in [-0.15, -0.1) is 11.3 Å². The van der Waals surface area contributed by atoms with Crippen LogP contribution in [0.2, 0.25) is 4.34 Å². The molecule has 1 aliphatic heterocycles. The first kappa shape index (κ1) is 17.3. The smallest absolute Gasteiger partial charge is 0.315 e. The number of likely N-dealkylation sites (tertiary alicyclic amines) is 1. The number of carbonyl (C=O) groups is 1. The molecule has 0 radical (unpaired) electrons. The summed E-state index contributed by atoms with van der Waals surface area (Å²) in [6, 6.07) is 14.5. The molecule has 1 saturated heterocycles. The SMILES string of the molecule is O=C(NCc1ccc(Cl)s1)NC1CCN(Cc2ccccc2)CC1. The molecule has 0 saturated carbocycles. The highest BCUT2D eigenvalue weighted by molar-refractivity contribution is 7.16. The number of piperidine rings is 1. The van der Waals surface area contributed by atoms with Crippen LogP contribution in [0, 0.1) is 0 Å². The van der Waals surface area contributed by atoms with E-state index in [2.05, 4.69) is 39.8 Å². The molecule has 1 aliphatic rings. The third-order valence-corrected chi connectivity index (χ3v) is 5.45. The summed E-state index contributed by atoms with van der Waals surface area (Å²) in [5.41, 5.74) is 1.34. The standard InChI is InChI=1S/C18H22ClN3OS/c19-17-7-6-16(24-17)12-20-18(23)21-15-8-10-22(11-9-15)13-14-4-2-1-3-5-14/h1-7,15H,8-13H2,(H2,20,21,23). The summed E-state index contributed by atoms with van der Waals surface area (Å²) in [6.07, 6.45) is 1.98.